The molecule has 2 aromatic rings. The number of anilines is 3. The highest BCUT2D eigenvalue weighted by Gasteiger charge is 2.11. The molecule has 0 aliphatic carbocycles. The number of halogens is 2. The van der Waals surface area contributed by atoms with Crippen molar-refractivity contribution in [1.29, 1.82) is 0 Å². The molecule has 2 aromatic carbocycles. The molecule has 1 amide bonds. The van der Waals surface area contributed by atoms with Gasteiger partial charge in [-0.15, -0.1) is 0 Å². The van der Waals surface area contributed by atoms with Gasteiger partial charge < -0.3 is 15.5 Å². The Bertz CT molecular complexity index is 743. The summed E-state index contributed by atoms with van der Waals surface area (Å²) in [6, 6.07) is 13.3. The summed E-state index contributed by atoms with van der Waals surface area (Å²) in [5.74, 6) is -0.0340. The van der Waals surface area contributed by atoms with Gasteiger partial charge in [-0.1, -0.05) is 23.2 Å². The van der Waals surface area contributed by atoms with Gasteiger partial charge in [0.1, 0.15) is 0 Å². The minimum Gasteiger partial charge on any atom is -0.383 e. The first-order valence-electron chi connectivity index (χ1n) is 8.95. The van der Waals surface area contributed by atoms with Crippen LogP contribution in [0.4, 0.5) is 17.1 Å². The number of carbonyl (C=O) groups is 1. The van der Waals surface area contributed by atoms with Crippen molar-refractivity contribution >= 4 is 46.2 Å². The first kappa shape index (κ1) is 18.9. The van der Waals surface area contributed by atoms with Crippen LogP contribution in [0.3, 0.4) is 0 Å². The van der Waals surface area contributed by atoms with Crippen molar-refractivity contribution in [1.82, 2.24) is 0 Å². The highest BCUT2D eigenvalue weighted by atomic mass is 35.5. The summed E-state index contributed by atoms with van der Waals surface area (Å²) in [5.41, 5.74) is 2.82. The van der Waals surface area contributed by atoms with Gasteiger partial charge in [-0.05, 0) is 61.7 Å². The lowest BCUT2D eigenvalue weighted by Crippen LogP contribution is -2.29. The van der Waals surface area contributed by atoms with Crippen LogP contribution in [-0.4, -0.2) is 25.5 Å². The van der Waals surface area contributed by atoms with Crippen molar-refractivity contribution in [3.8, 4) is 0 Å². The predicted molar refractivity (Wildman–Crippen MR) is 111 cm³/mol. The van der Waals surface area contributed by atoms with Crippen LogP contribution in [0.5, 0.6) is 0 Å². The first-order chi connectivity index (χ1) is 12.6. The molecule has 4 nitrogen and oxygen atoms in total. The smallest absolute Gasteiger partial charge is 0.226 e. The summed E-state index contributed by atoms with van der Waals surface area (Å²) in [6.45, 7) is 2.73. The molecule has 2 N–H and O–H groups in total. The maximum atomic E-state index is 12.1. The lowest BCUT2D eigenvalue weighted by molar-refractivity contribution is -0.115. The van der Waals surface area contributed by atoms with E-state index in [2.05, 4.69) is 27.7 Å². The van der Waals surface area contributed by atoms with E-state index in [0.29, 0.717) is 23.0 Å². The summed E-state index contributed by atoms with van der Waals surface area (Å²) in [6.07, 6.45) is 4.18. The molecule has 0 saturated carbocycles. The topological polar surface area (TPSA) is 44.4 Å². The number of nitrogens with one attached hydrogen (secondary N) is 2. The molecule has 0 unspecified atom stereocenters. The van der Waals surface area contributed by atoms with Crippen LogP contribution in [0, 0.1) is 0 Å². The first-order valence-corrected chi connectivity index (χ1v) is 9.71. The van der Waals surface area contributed by atoms with Crippen LogP contribution >= 0.6 is 23.2 Å². The highest BCUT2D eigenvalue weighted by Crippen LogP contribution is 2.25. The average Bonchev–Trinajstić information content (AvgIpc) is 2.65. The summed E-state index contributed by atoms with van der Waals surface area (Å²) in [7, 11) is 0. The Hall–Kier alpha value is -1.91. The fourth-order valence-corrected chi connectivity index (χ4v) is 3.55. The Kier molecular flexibility index (Phi) is 6.64. The summed E-state index contributed by atoms with van der Waals surface area (Å²) in [5, 5.41) is 7.22. The van der Waals surface area contributed by atoms with E-state index in [1.165, 1.54) is 24.9 Å². The Morgan fingerprint density at radius 2 is 1.73 bits per heavy atom. The number of rotatable bonds is 6. The number of benzene rings is 2. The van der Waals surface area contributed by atoms with Gasteiger partial charge in [0.25, 0.3) is 0 Å². The number of carbonyl (C=O) groups excluding carboxylic acids is 1. The van der Waals surface area contributed by atoms with Gasteiger partial charge in [0.2, 0.25) is 5.91 Å². The van der Waals surface area contributed by atoms with Crippen LogP contribution in [-0.2, 0) is 4.79 Å². The van der Waals surface area contributed by atoms with Crippen molar-refractivity contribution in [2.24, 2.45) is 0 Å². The molecule has 1 heterocycles. The third kappa shape index (κ3) is 5.29. The van der Waals surface area contributed by atoms with Crippen molar-refractivity contribution < 1.29 is 4.79 Å². The Labute approximate surface area is 164 Å². The number of hydrogen-bond donors (Lipinski definition) is 2. The monoisotopic (exact) mass is 391 g/mol. The van der Waals surface area contributed by atoms with Crippen molar-refractivity contribution in [2.75, 3.05) is 35.2 Å². The molecule has 1 aliphatic heterocycles. The Balaban J connectivity index is 1.45. The van der Waals surface area contributed by atoms with Gasteiger partial charge in [-0.3, -0.25) is 4.79 Å². The van der Waals surface area contributed by atoms with E-state index >= 15 is 0 Å². The van der Waals surface area contributed by atoms with Crippen LogP contribution in [0.2, 0.25) is 10.0 Å². The van der Waals surface area contributed by atoms with Gasteiger partial charge in [0.15, 0.2) is 0 Å². The van der Waals surface area contributed by atoms with Crippen LogP contribution in [0.25, 0.3) is 0 Å². The fourth-order valence-electron chi connectivity index (χ4n) is 3.07. The van der Waals surface area contributed by atoms with E-state index in [9.17, 15) is 4.79 Å². The lowest BCUT2D eigenvalue weighted by atomic mass is 10.1. The molecule has 1 aliphatic rings. The quantitative estimate of drug-likeness (QED) is 0.690. The number of amides is 1. The van der Waals surface area contributed by atoms with Crippen molar-refractivity contribution in [3.05, 3.63) is 52.5 Å². The number of piperidine rings is 1. The molecule has 6 heteroatoms. The van der Waals surface area contributed by atoms with E-state index in [1.54, 1.807) is 12.1 Å². The largest absolute Gasteiger partial charge is 0.383 e. The third-order valence-electron chi connectivity index (χ3n) is 4.47. The zero-order valence-corrected chi connectivity index (χ0v) is 16.1. The summed E-state index contributed by atoms with van der Waals surface area (Å²) < 4.78 is 0. The molecule has 0 atom stereocenters. The van der Waals surface area contributed by atoms with E-state index in [-0.39, 0.29) is 5.91 Å². The van der Waals surface area contributed by atoms with Gasteiger partial charge >= 0.3 is 0 Å². The second-order valence-corrected chi connectivity index (χ2v) is 7.29. The predicted octanol–water partition coefficient (Wildman–Crippen LogP) is 5.42. The zero-order valence-electron chi connectivity index (χ0n) is 14.6. The average molecular weight is 392 g/mol. The van der Waals surface area contributed by atoms with Crippen LogP contribution in [0.15, 0.2) is 42.5 Å². The molecule has 0 radical (unpaired) electrons. The maximum Gasteiger partial charge on any atom is 0.226 e. The molecule has 1 saturated heterocycles. The van der Waals surface area contributed by atoms with Gasteiger partial charge in [-0.25, -0.2) is 0 Å². The minimum absolute atomic E-state index is 0.0340. The van der Waals surface area contributed by atoms with Gasteiger partial charge in [0.05, 0.1) is 10.7 Å². The SMILES string of the molecule is O=C(CCNc1ccc(Cl)cc1Cl)Nc1ccc(N2CCCCC2)cc1. The fraction of sp³-hybridized carbons (Fsp3) is 0.350. The second kappa shape index (κ2) is 9.15. The van der Waals surface area contributed by atoms with Gasteiger partial charge in [0, 0.05) is 42.5 Å². The van der Waals surface area contributed by atoms with Gasteiger partial charge in [-0.2, -0.15) is 0 Å². The second-order valence-electron chi connectivity index (χ2n) is 6.44. The normalized spacial score (nSPS) is 14.2. The lowest BCUT2D eigenvalue weighted by Gasteiger charge is -2.28. The van der Waals surface area contributed by atoms with Crippen LogP contribution in [0.1, 0.15) is 25.7 Å². The number of nitrogens with zero attached hydrogens (tertiary/aromatic N) is 1. The van der Waals surface area contributed by atoms with E-state index in [4.69, 9.17) is 23.2 Å². The van der Waals surface area contributed by atoms with Crippen LogP contribution < -0.4 is 15.5 Å². The molecule has 3 rings (SSSR count). The molecular weight excluding hydrogens is 369 g/mol. The standard InChI is InChI=1S/C20H23Cl2N3O/c21-15-4-9-19(18(22)14-15)23-11-10-20(26)24-16-5-7-17(8-6-16)25-12-2-1-3-13-25/h4-9,14,23H,1-3,10-13H2,(H,24,26). The molecule has 26 heavy (non-hydrogen) atoms. The Morgan fingerprint density at radius 3 is 2.42 bits per heavy atom. The number of hydrogen-bond acceptors (Lipinski definition) is 3. The van der Waals surface area contributed by atoms with E-state index in [0.717, 1.165) is 24.5 Å². The highest BCUT2D eigenvalue weighted by molar-refractivity contribution is 6.36. The van der Waals surface area contributed by atoms with E-state index < -0.39 is 0 Å². The molecule has 0 spiro atoms. The summed E-state index contributed by atoms with van der Waals surface area (Å²) in [4.78, 5) is 14.5. The maximum absolute atomic E-state index is 12.1. The molecule has 0 bridgehead atoms. The molecule has 138 valence electrons. The molecular formula is C20H23Cl2N3O. The third-order valence-corrected chi connectivity index (χ3v) is 5.02. The van der Waals surface area contributed by atoms with E-state index in [1.807, 2.05) is 18.2 Å². The zero-order chi connectivity index (χ0) is 18.4. The Morgan fingerprint density at radius 1 is 1.00 bits per heavy atom. The summed E-state index contributed by atoms with van der Waals surface area (Å²) >= 11 is 12.0. The molecule has 1 fully saturated rings. The van der Waals surface area contributed by atoms with Crippen molar-refractivity contribution in [2.45, 2.75) is 25.7 Å². The molecule has 0 aromatic heterocycles. The van der Waals surface area contributed by atoms with Crippen molar-refractivity contribution in [3.63, 3.8) is 0 Å². The minimum atomic E-state index is -0.0340.